The first-order valence-electron chi connectivity index (χ1n) is 5.92. The number of nitrogen functional groups attached to an aromatic ring is 1. The number of aliphatic hydroxyl groups excluding tert-OH is 1. The molecule has 2 heterocycles. The molecular formula is C11H15F3N4O. The van der Waals surface area contributed by atoms with Gasteiger partial charge in [0, 0.05) is 25.1 Å². The van der Waals surface area contributed by atoms with E-state index in [0.717, 1.165) is 0 Å². The van der Waals surface area contributed by atoms with Crippen molar-refractivity contribution >= 4 is 11.6 Å². The van der Waals surface area contributed by atoms with E-state index in [1.54, 1.807) is 11.8 Å². The van der Waals surface area contributed by atoms with Gasteiger partial charge in [-0.1, -0.05) is 0 Å². The minimum atomic E-state index is -4.62. The molecule has 0 spiro atoms. The summed E-state index contributed by atoms with van der Waals surface area (Å²) in [7, 11) is 0. The van der Waals surface area contributed by atoms with Crippen LogP contribution in [0, 0.1) is 5.92 Å². The van der Waals surface area contributed by atoms with Gasteiger partial charge in [-0.05, 0) is 13.3 Å². The zero-order valence-electron chi connectivity index (χ0n) is 10.4. The molecule has 0 aliphatic carbocycles. The molecule has 2 atom stereocenters. The van der Waals surface area contributed by atoms with Crippen LogP contribution < -0.4 is 10.6 Å². The maximum Gasteiger partial charge on any atom is 0.451 e. The number of anilines is 2. The lowest BCUT2D eigenvalue weighted by Crippen LogP contribution is -2.26. The van der Waals surface area contributed by atoms with E-state index in [-0.39, 0.29) is 17.6 Å². The molecule has 0 aromatic carbocycles. The Bertz CT molecular complexity index is 464. The molecule has 1 aromatic rings. The lowest BCUT2D eigenvalue weighted by molar-refractivity contribution is -0.144. The van der Waals surface area contributed by atoms with E-state index in [2.05, 4.69) is 9.97 Å². The second kappa shape index (κ2) is 4.84. The van der Waals surface area contributed by atoms with E-state index < -0.39 is 18.1 Å². The second-order valence-corrected chi connectivity index (χ2v) is 4.71. The third-order valence-electron chi connectivity index (χ3n) is 3.22. The highest BCUT2D eigenvalue weighted by atomic mass is 19.4. The molecule has 0 bridgehead atoms. The Kier molecular flexibility index (Phi) is 3.53. The largest absolute Gasteiger partial charge is 0.451 e. The average Bonchev–Trinajstić information content (AvgIpc) is 2.76. The molecule has 0 saturated carbocycles. The second-order valence-electron chi connectivity index (χ2n) is 4.71. The van der Waals surface area contributed by atoms with Crippen LogP contribution in [-0.2, 0) is 6.18 Å². The van der Waals surface area contributed by atoms with Crippen LogP contribution in [0.2, 0.25) is 0 Å². The monoisotopic (exact) mass is 276 g/mol. The van der Waals surface area contributed by atoms with E-state index in [1.807, 2.05) is 0 Å². The van der Waals surface area contributed by atoms with Crippen molar-refractivity contribution in [3.8, 4) is 0 Å². The molecule has 0 radical (unpaired) electrons. The van der Waals surface area contributed by atoms with Gasteiger partial charge in [0.1, 0.15) is 11.6 Å². The fraction of sp³-hybridized carbons (Fsp3) is 0.636. The number of alkyl halides is 3. The summed E-state index contributed by atoms with van der Waals surface area (Å²) >= 11 is 0. The first-order valence-corrected chi connectivity index (χ1v) is 5.92. The van der Waals surface area contributed by atoms with E-state index in [9.17, 15) is 18.3 Å². The molecule has 106 valence electrons. The highest BCUT2D eigenvalue weighted by Gasteiger charge is 2.36. The van der Waals surface area contributed by atoms with Crippen molar-refractivity contribution in [3.63, 3.8) is 0 Å². The summed E-state index contributed by atoms with van der Waals surface area (Å²) in [6.45, 7) is 2.68. The van der Waals surface area contributed by atoms with E-state index in [0.29, 0.717) is 19.5 Å². The van der Waals surface area contributed by atoms with Crippen LogP contribution in [-0.4, -0.2) is 34.3 Å². The Labute approximate surface area is 108 Å². The van der Waals surface area contributed by atoms with Crippen LogP contribution in [0.15, 0.2) is 6.07 Å². The van der Waals surface area contributed by atoms with Crippen molar-refractivity contribution < 1.29 is 18.3 Å². The van der Waals surface area contributed by atoms with Crippen molar-refractivity contribution in [1.82, 2.24) is 9.97 Å². The maximum atomic E-state index is 12.6. The molecule has 2 rings (SSSR count). The van der Waals surface area contributed by atoms with E-state index in [1.165, 1.54) is 6.07 Å². The average molecular weight is 276 g/mol. The van der Waals surface area contributed by atoms with Crippen LogP contribution in [0.5, 0.6) is 0 Å². The molecule has 19 heavy (non-hydrogen) atoms. The summed E-state index contributed by atoms with van der Waals surface area (Å²) in [5, 5.41) is 9.49. The first-order chi connectivity index (χ1) is 8.77. The number of nitrogens with zero attached hydrogens (tertiary/aromatic N) is 3. The Hall–Kier alpha value is -1.57. The van der Waals surface area contributed by atoms with Crippen LogP contribution >= 0.6 is 0 Å². The summed E-state index contributed by atoms with van der Waals surface area (Å²) in [4.78, 5) is 8.39. The molecule has 1 saturated heterocycles. The standard InChI is InChI=1S/C11H15F3N4O/c1-6(19)7-2-3-18(5-7)9-4-8(15)16-10(17-9)11(12,13)14/h4,6-7,19H,2-3,5H2,1H3,(H2,15,16,17). The van der Waals surface area contributed by atoms with E-state index in [4.69, 9.17) is 5.73 Å². The summed E-state index contributed by atoms with van der Waals surface area (Å²) < 4.78 is 37.8. The Balaban J connectivity index is 2.24. The number of nitrogens with two attached hydrogens (primary N) is 1. The number of hydrogen-bond donors (Lipinski definition) is 2. The fourth-order valence-electron chi connectivity index (χ4n) is 2.13. The SMILES string of the molecule is CC(O)C1CCN(c2cc(N)nc(C(F)(F)F)n2)C1. The Morgan fingerprint density at radius 2 is 2.16 bits per heavy atom. The molecule has 3 N–H and O–H groups in total. The lowest BCUT2D eigenvalue weighted by atomic mass is 10.0. The third-order valence-corrected chi connectivity index (χ3v) is 3.22. The number of aromatic nitrogens is 2. The molecule has 1 aliphatic heterocycles. The summed E-state index contributed by atoms with van der Waals surface area (Å²) in [6, 6.07) is 1.32. The molecule has 1 fully saturated rings. The summed E-state index contributed by atoms with van der Waals surface area (Å²) in [5.74, 6) is -1.26. The zero-order chi connectivity index (χ0) is 14.2. The molecule has 5 nitrogen and oxygen atoms in total. The van der Waals surface area contributed by atoms with Gasteiger partial charge in [-0.25, -0.2) is 9.97 Å². The molecule has 8 heteroatoms. The van der Waals surface area contributed by atoms with Crippen LogP contribution in [0.4, 0.5) is 24.8 Å². The van der Waals surface area contributed by atoms with Crippen molar-refractivity contribution in [1.29, 1.82) is 0 Å². The van der Waals surface area contributed by atoms with Gasteiger partial charge in [-0.15, -0.1) is 0 Å². The van der Waals surface area contributed by atoms with Crippen molar-refractivity contribution in [3.05, 3.63) is 11.9 Å². The molecule has 1 aliphatic rings. The normalized spacial score (nSPS) is 21.7. The summed E-state index contributed by atoms with van der Waals surface area (Å²) in [5.41, 5.74) is 5.39. The van der Waals surface area contributed by atoms with Gasteiger partial charge < -0.3 is 15.7 Å². The fourth-order valence-corrected chi connectivity index (χ4v) is 2.13. The van der Waals surface area contributed by atoms with Gasteiger partial charge in [0.05, 0.1) is 6.10 Å². The van der Waals surface area contributed by atoms with Crippen molar-refractivity contribution in [2.45, 2.75) is 25.6 Å². The smallest absolute Gasteiger partial charge is 0.393 e. The minimum absolute atomic E-state index is 0.0329. The van der Waals surface area contributed by atoms with Crippen molar-refractivity contribution in [2.24, 2.45) is 5.92 Å². The molecule has 0 amide bonds. The highest BCUT2D eigenvalue weighted by Crippen LogP contribution is 2.30. The molecular weight excluding hydrogens is 261 g/mol. The minimum Gasteiger partial charge on any atom is -0.393 e. The molecule has 2 unspecified atom stereocenters. The highest BCUT2D eigenvalue weighted by molar-refractivity contribution is 5.48. The number of hydrogen-bond acceptors (Lipinski definition) is 5. The van der Waals surface area contributed by atoms with Gasteiger partial charge >= 0.3 is 6.18 Å². The Morgan fingerprint density at radius 3 is 2.68 bits per heavy atom. The zero-order valence-corrected chi connectivity index (χ0v) is 10.4. The molecule has 1 aromatic heterocycles. The first kappa shape index (κ1) is 13.9. The topological polar surface area (TPSA) is 75.3 Å². The van der Waals surface area contributed by atoms with Gasteiger partial charge in [0.15, 0.2) is 0 Å². The lowest BCUT2D eigenvalue weighted by Gasteiger charge is -2.19. The number of aliphatic hydroxyl groups is 1. The van der Waals surface area contributed by atoms with Crippen molar-refractivity contribution in [2.75, 3.05) is 23.7 Å². The number of halogens is 3. The van der Waals surface area contributed by atoms with Crippen LogP contribution in [0.3, 0.4) is 0 Å². The van der Waals surface area contributed by atoms with E-state index >= 15 is 0 Å². The quantitative estimate of drug-likeness (QED) is 0.851. The van der Waals surface area contributed by atoms with Gasteiger partial charge in [0.2, 0.25) is 5.82 Å². The summed E-state index contributed by atoms with van der Waals surface area (Å²) in [6.07, 6.45) is -4.40. The van der Waals surface area contributed by atoms with Gasteiger partial charge in [-0.3, -0.25) is 0 Å². The Morgan fingerprint density at radius 1 is 1.47 bits per heavy atom. The van der Waals surface area contributed by atoms with Crippen LogP contribution in [0.25, 0.3) is 0 Å². The number of rotatable bonds is 2. The van der Waals surface area contributed by atoms with Gasteiger partial charge in [0.25, 0.3) is 0 Å². The maximum absolute atomic E-state index is 12.6. The predicted molar refractivity (Wildman–Crippen MR) is 63.4 cm³/mol. The van der Waals surface area contributed by atoms with Crippen LogP contribution in [0.1, 0.15) is 19.2 Å². The van der Waals surface area contributed by atoms with Gasteiger partial charge in [-0.2, -0.15) is 13.2 Å². The predicted octanol–water partition coefficient (Wildman–Crippen LogP) is 1.28. The third kappa shape index (κ3) is 3.06.